The molecule has 0 N–H and O–H groups in total. The van der Waals surface area contributed by atoms with Crippen LogP contribution in [0.4, 0.5) is 0 Å². The summed E-state index contributed by atoms with van der Waals surface area (Å²) >= 11 is 0. The van der Waals surface area contributed by atoms with E-state index >= 15 is 0 Å². The van der Waals surface area contributed by atoms with Crippen molar-refractivity contribution in [3.63, 3.8) is 0 Å². The molecule has 0 heterocycles. The van der Waals surface area contributed by atoms with Crippen LogP contribution in [-0.4, -0.2) is 0 Å². The lowest BCUT2D eigenvalue weighted by Crippen LogP contribution is -1.91. The maximum Gasteiger partial charge on any atom is -0.00203 e. The molecule has 37 heavy (non-hydrogen) atoms. The van der Waals surface area contributed by atoms with Gasteiger partial charge in [0.1, 0.15) is 0 Å². The van der Waals surface area contributed by atoms with Crippen LogP contribution in [0.1, 0.15) is 57.7 Å². The highest BCUT2D eigenvalue weighted by Gasteiger charge is 2.15. The number of hydrogen-bond donors (Lipinski definition) is 0. The van der Waals surface area contributed by atoms with Gasteiger partial charge in [0.15, 0.2) is 0 Å². The van der Waals surface area contributed by atoms with E-state index in [1.165, 1.54) is 77.7 Å². The molecular formula is C37H40. The normalized spacial score (nSPS) is 10.8. The van der Waals surface area contributed by atoms with E-state index in [1.54, 1.807) is 0 Å². The molecule has 0 radical (unpaired) electrons. The third-order valence-electron chi connectivity index (χ3n) is 7.03. The predicted octanol–water partition coefficient (Wildman–Crippen LogP) is 11.5. The topological polar surface area (TPSA) is 0 Å². The van der Waals surface area contributed by atoms with Gasteiger partial charge in [0.25, 0.3) is 0 Å². The van der Waals surface area contributed by atoms with Crippen molar-refractivity contribution < 1.29 is 0 Å². The van der Waals surface area contributed by atoms with Crippen LogP contribution in [0.15, 0.2) is 91.0 Å². The van der Waals surface area contributed by atoms with Crippen molar-refractivity contribution in [2.45, 2.75) is 61.3 Å². The number of rotatable bonds is 3. The van der Waals surface area contributed by atoms with Crippen LogP contribution in [0.25, 0.3) is 54.6 Å². The second kappa shape index (κ2) is 11.6. The van der Waals surface area contributed by atoms with E-state index in [4.69, 9.17) is 0 Å². The molecule has 0 aliphatic heterocycles. The van der Waals surface area contributed by atoms with Crippen LogP contribution in [0.2, 0.25) is 0 Å². The third kappa shape index (κ3) is 4.98. The maximum atomic E-state index is 2.37. The maximum absolute atomic E-state index is 2.37. The molecule has 0 heteroatoms. The molecule has 0 bridgehead atoms. The van der Waals surface area contributed by atoms with Gasteiger partial charge < -0.3 is 0 Å². The average Bonchev–Trinajstić information content (AvgIpc) is 2.93. The lowest BCUT2D eigenvalue weighted by atomic mass is 9.86. The Hall–Kier alpha value is -3.64. The highest BCUT2D eigenvalue weighted by atomic mass is 14.2. The van der Waals surface area contributed by atoms with Gasteiger partial charge in [-0.3, -0.25) is 0 Å². The molecule has 0 saturated carbocycles. The van der Waals surface area contributed by atoms with Gasteiger partial charge >= 0.3 is 0 Å². The van der Waals surface area contributed by atoms with E-state index in [-0.39, 0.29) is 0 Å². The minimum absolute atomic E-state index is 1.06. The van der Waals surface area contributed by atoms with Crippen molar-refractivity contribution in [1.29, 1.82) is 0 Å². The summed E-state index contributed by atoms with van der Waals surface area (Å²) in [5.74, 6) is 0. The summed E-state index contributed by atoms with van der Waals surface area (Å²) in [5, 5.41) is 8.06. The van der Waals surface area contributed by atoms with Crippen molar-refractivity contribution in [3.05, 3.63) is 108 Å². The Morgan fingerprint density at radius 1 is 0.541 bits per heavy atom. The van der Waals surface area contributed by atoms with Crippen molar-refractivity contribution in [1.82, 2.24) is 0 Å². The zero-order valence-electron chi connectivity index (χ0n) is 23.6. The van der Waals surface area contributed by atoms with Gasteiger partial charge in [-0.15, -0.1) is 0 Å². The molecule has 6 rings (SSSR count). The predicted molar refractivity (Wildman–Crippen MR) is 167 cm³/mol. The van der Waals surface area contributed by atoms with Gasteiger partial charge in [-0.1, -0.05) is 138 Å². The van der Waals surface area contributed by atoms with E-state index in [2.05, 4.69) is 126 Å². The SMILES string of the molecule is CC.CCC.CCc1cc(-c2ccc3ccc4c(-c5cccc(C)c5)ccc5ccc2c3c54)ccc1C. The molecule has 0 nitrogen and oxygen atoms in total. The summed E-state index contributed by atoms with van der Waals surface area (Å²) in [7, 11) is 0. The fourth-order valence-electron chi connectivity index (χ4n) is 5.34. The molecule has 0 unspecified atom stereocenters. The van der Waals surface area contributed by atoms with Crippen molar-refractivity contribution >= 4 is 32.3 Å². The Morgan fingerprint density at radius 2 is 1.05 bits per heavy atom. The van der Waals surface area contributed by atoms with Gasteiger partial charge in [-0.2, -0.15) is 0 Å². The first-order chi connectivity index (χ1) is 18.0. The van der Waals surface area contributed by atoms with Crippen LogP contribution in [0.5, 0.6) is 0 Å². The third-order valence-corrected chi connectivity index (χ3v) is 7.03. The smallest absolute Gasteiger partial charge is 0.00203 e. The van der Waals surface area contributed by atoms with E-state index < -0.39 is 0 Å². The molecule has 0 spiro atoms. The highest BCUT2D eigenvalue weighted by molar-refractivity contribution is 6.27. The van der Waals surface area contributed by atoms with E-state index in [0.29, 0.717) is 0 Å². The first-order valence-electron chi connectivity index (χ1n) is 13.9. The summed E-state index contributed by atoms with van der Waals surface area (Å²) in [5.41, 5.74) is 9.32. The zero-order valence-corrected chi connectivity index (χ0v) is 23.6. The molecule has 0 saturated heterocycles. The molecule has 6 aromatic carbocycles. The largest absolute Gasteiger partial charge is 0.0683 e. The van der Waals surface area contributed by atoms with E-state index in [9.17, 15) is 0 Å². The van der Waals surface area contributed by atoms with Crippen LogP contribution >= 0.6 is 0 Å². The lowest BCUT2D eigenvalue weighted by molar-refractivity contribution is 1.09. The van der Waals surface area contributed by atoms with Crippen molar-refractivity contribution in [2.75, 3.05) is 0 Å². The van der Waals surface area contributed by atoms with Crippen LogP contribution < -0.4 is 0 Å². The molecular weight excluding hydrogens is 444 g/mol. The molecule has 0 aliphatic carbocycles. The molecule has 0 fully saturated rings. The fraction of sp³-hybridized carbons (Fsp3) is 0.243. The minimum Gasteiger partial charge on any atom is -0.0683 e. The van der Waals surface area contributed by atoms with Crippen molar-refractivity contribution in [3.8, 4) is 22.3 Å². The number of aryl methyl sites for hydroxylation is 3. The van der Waals surface area contributed by atoms with Gasteiger partial charge in [0.05, 0.1) is 0 Å². The Kier molecular flexibility index (Phi) is 8.29. The summed E-state index contributed by atoms with van der Waals surface area (Å²) < 4.78 is 0. The summed E-state index contributed by atoms with van der Waals surface area (Å²) in [6.45, 7) is 14.9. The second-order valence-electron chi connectivity index (χ2n) is 9.72. The molecule has 188 valence electrons. The number of benzene rings is 6. The second-order valence-corrected chi connectivity index (χ2v) is 9.72. The molecule has 0 aliphatic rings. The van der Waals surface area contributed by atoms with Gasteiger partial charge in [-0.25, -0.2) is 0 Å². The fourth-order valence-corrected chi connectivity index (χ4v) is 5.34. The first-order valence-corrected chi connectivity index (χ1v) is 13.9. The van der Waals surface area contributed by atoms with Gasteiger partial charge in [0, 0.05) is 0 Å². The van der Waals surface area contributed by atoms with Crippen LogP contribution in [0.3, 0.4) is 0 Å². The van der Waals surface area contributed by atoms with Gasteiger partial charge in [-0.05, 0) is 86.0 Å². The monoisotopic (exact) mass is 484 g/mol. The quantitative estimate of drug-likeness (QED) is 0.219. The molecule has 0 aromatic heterocycles. The Morgan fingerprint density at radius 3 is 1.57 bits per heavy atom. The van der Waals surface area contributed by atoms with Crippen molar-refractivity contribution in [2.24, 2.45) is 0 Å². The summed E-state index contributed by atoms with van der Waals surface area (Å²) in [4.78, 5) is 0. The van der Waals surface area contributed by atoms with Gasteiger partial charge in [0.2, 0.25) is 0 Å². The van der Waals surface area contributed by atoms with E-state index in [0.717, 1.165) is 6.42 Å². The molecule has 0 atom stereocenters. The average molecular weight is 485 g/mol. The van der Waals surface area contributed by atoms with Crippen LogP contribution in [0, 0.1) is 13.8 Å². The first kappa shape index (κ1) is 26.4. The van der Waals surface area contributed by atoms with E-state index in [1.807, 2.05) is 13.8 Å². The Balaban J connectivity index is 0.000000599. The summed E-state index contributed by atoms with van der Waals surface area (Å²) in [6.07, 6.45) is 2.31. The number of hydrogen-bond acceptors (Lipinski definition) is 0. The molecule has 6 aromatic rings. The summed E-state index contributed by atoms with van der Waals surface area (Å²) in [6, 6.07) is 34.1. The zero-order chi connectivity index (χ0) is 26.5. The molecule has 0 amide bonds. The van der Waals surface area contributed by atoms with Crippen LogP contribution in [-0.2, 0) is 6.42 Å². The lowest BCUT2D eigenvalue weighted by Gasteiger charge is -2.17. The standard InChI is InChI=1S/C32H26.C3H8.C2H6/c1-4-22-19-26(9-8-21(22)3)28-15-11-24-12-16-29-27(25-7-5-6-20(2)18-25)14-10-23-13-17-30(28)32(24)31(23)29;1-3-2;1-2/h5-19H,4H2,1-3H3;3H2,1-2H3;1-2H3. The minimum atomic E-state index is 1.06. The highest BCUT2D eigenvalue weighted by Crippen LogP contribution is 2.42. The Labute approximate surface area is 223 Å². The Bertz CT molecular complexity index is 1630.